The van der Waals surface area contributed by atoms with Gasteiger partial charge in [-0.05, 0) is 30.4 Å². The summed E-state index contributed by atoms with van der Waals surface area (Å²) in [6.07, 6.45) is 1.31. The fraction of sp³-hybridized carbons (Fsp3) is 0.571. The van der Waals surface area contributed by atoms with E-state index in [4.69, 9.17) is 10.5 Å². The van der Waals surface area contributed by atoms with Crippen LogP contribution in [-0.4, -0.2) is 20.2 Å². The van der Waals surface area contributed by atoms with Crippen molar-refractivity contribution in [3.63, 3.8) is 0 Å². The molecule has 1 aromatic rings. The molecular weight excluding hydrogens is 212 g/mol. The molecule has 0 bridgehead atoms. The molecular formula is C14H22N2O. The van der Waals surface area contributed by atoms with Gasteiger partial charge < -0.3 is 15.4 Å². The summed E-state index contributed by atoms with van der Waals surface area (Å²) in [5.41, 5.74) is 8.05. The van der Waals surface area contributed by atoms with Crippen LogP contribution in [0.2, 0.25) is 0 Å². The number of hydrogen-bond acceptors (Lipinski definition) is 3. The van der Waals surface area contributed by atoms with Gasteiger partial charge in [0.2, 0.25) is 0 Å². The largest absolute Gasteiger partial charge is 0.497 e. The molecule has 0 saturated carbocycles. The Morgan fingerprint density at radius 1 is 1.24 bits per heavy atom. The molecule has 1 aliphatic heterocycles. The topological polar surface area (TPSA) is 38.5 Å². The summed E-state index contributed by atoms with van der Waals surface area (Å²) in [4.78, 5) is 2.40. The predicted octanol–water partition coefficient (Wildman–Crippen LogP) is 2.76. The van der Waals surface area contributed by atoms with Crippen molar-refractivity contribution in [2.45, 2.75) is 20.3 Å². The van der Waals surface area contributed by atoms with Crippen LogP contribution in [0.25, 0.3) is 0 Å². The number of anilines is 2. The smallest absolute Gasteiger partial charge is 0.121 e. The maximum atomic E-state index is 6.10. The Morgan fingerprint density at radius 2 is 1.88 bits per heavy atom. The summed E-state index contributed by atoms with van der Waals surface area (Å²) in [5, 5.41) is 0. The summed E-state index contributed by atoms with van der Waals surface area (Å²) >= 11 is 0. The Hall–Kier alpha value is -1.38. The van der Waals surface area contributed by atoms with Crippen LogP contribution in [-0.2, 0) is 0 Å². The van der Waals surface area contributed by atoms with Crippen LogP contribution >= 0.6 is 0 Å². The first-order valence-electron chi connectivity index (χ1n) is 6.28. The molecule has 1 aliphatic rings. The summed E-state index contributed by atoms with van der Waals surface area (Å²) in [5.74, 6) is 2.30. The zero-order chi connectivity index (χ0) is 12.4. The molecule has 1 heterocycles. The molecule has 0 aromatic heterocycles. The average molecular weight is 234 g/mol. The van der Waals surface area contributed by atoms with Gasteiger partial charge in [-0.25, -0.2) is 0 Å². The summed E-state index contributed by atoms with van der Waals surface area (Å²) < 4.78 is 5.18. The Morgan fingerprint density at radius 3 is 2.41 bits per heavy atom. The van der Waals surface area contributed by atoms with Crippen molar-refractivity contribution in [1.29, 1.82) is 0 Å². The fourth-order valence-corrected chi connectivity index (χ4v) is 2.81. The number of ether oxygens (including phenoxy) is 1. The first kappa shape index (κ1) is 12.1. The zero-order valence-electron chi connectivity index (χ0n) is 10.9. The lowest BCUT2D eigenvalue weighted by molar-refractivity contribution is 0.357. The number of nitrogens with zero attached hydrogens (tertiary/aromatic N) is 1. The number of benzene rings is 1. The van der Waals surface area contributed by atoms with Gasteiger partial charge >= 0.3 is 0 Å². The predicted molar refractivity (Wildman–Crippen MR) is 72.6 cm³/mol. The molecule has 1 fully saturated rings. The van der Waals surface area contributed by atoms with Crippen molar-refractivity contribution in [2.75, 3.05) is 30.8 Å². The van der Waals surface area contributed by atoms with E-state index in [1.807, 2.05) is 12.1 Å². The molecule has 0 spiro atoms. The van der Waals surface area contributed by atoms with Gasteiger partial charge in [-0.15, -0.1) is 0 Å². The van der Waals surface area contributed by atoms with Gasteiger partial charge in [0.25, 0.3) is 0 Å². The van der Waals surface area contributed by atoms with Gasteiger partial charge in [0.05, 0.1) is 18.5 Å². The standard InChI is InChI=1S/C14H22N2O/c1-10-6-11(2)9-16(8-10)14-5-4-12(17-3)7-13(14)15/h4-5,7,10-11H,6,8-9,15H2,1-3H3/t10-,11-/m0/s1. The highest BCUT2D eigenvalue weighted by Gasteiger charge is 2.23. The molecule has 2 N–H and O–H groups in total. The van der Waals surface area contributed by atoms with Crippen LogP contribution in [0.3, 0.4) is 0 Å². The quantitative estimate of drug-likeness (QED) is 0.800. The van der Waals surface area contributed by atoms with Crippen LogP contribution in [0.5, 0.6) is 5.75 Å². The van der Waals surface area contributed by atoms with Crippen molar-refractivity contribution in [3.05, 3.63) is 18.2 Å². The molecule has 0 unspecified atom stereocenters. The van der Waals surface area contributed by atoms with Crippen molar-refractivity contribution in [1.82, 2.24) is 0 Å². The highest BCUT2D eigenvalue weighted by molar-refractivity contribution is 5.69. The Kier molecular flexibility index (Phi) is 3.46. The van der Waals surface area contributed by atoms with Crippen LogP contribution in [0.15, 0.2) is 18.2 Å². The molecule has 3 heteroatoms. The summed E-state index contributed by atoms with van der Waals surface area (Å²) in [6, 6.07) is 5.95. The fourth-order valence-electron chi connectivity index (χ4n) is 2.81. The second-order valence-electron chi connectivity index (χ2n) is 5.28. The van der Waals surface area contributed by atoms with E-state index in [1.165, 1.54) is 6.42 Å². The van der Waals surface area contributed by atoms with Crippen molar-refractivity contribution < 1.29 is 4.74 Å². The Labute approximate surface area is 104 Å². The maximum absolute atomic E-state index is 6.10. The Balaban J connectivity index is 2.21. The van der Waals surface area contributed by atoms with Crippen LogP contribution in [0.4, 0.5) is 11.4 Å². The molecule has 94 valence electrons. The third-order valence-electron chi connectivity index (χ3n) is 3.44. The average Bonchev–Trinajstić information content (AvgIpc) is 2.27. The molecule has 17 heavy (non-hydrogen) atoms. The van der Waals surface area contributed by atoms with Crippen molar-refractivity contribution in [2.24, 2.45) is 11.8 Å². The van der Waals surface area contributed by atoms with E-state index in [9.17, 15) is 0 Å². The Bertz CT molecular complexity index is 382. The second-order valence-corrected chi connectivity index (χ2v) is 5.28. The van der Waals surface area contributed by atoms with E-state index in [0.717, 1.165) is 42.0 Å². The van der Waals surface area contributed by atoms with Gasteiger partial charge in [0, 0.05) is 19.2 Å². The van der Waals surface area contributed by atoms with Crippen molar-refractivity contribution in [3.8, 4) is 5.75 Å². The van der Waals surface area contributed by atoms with E-state index >= 15 is 0 Å². The lowest BCUT2D eigenvalue weighted by Gasteiger charge is -2.37. The van der Waals surface area contributed by atoms with Gasteiger partial charge in [-0.2, -0.15) is 0 Å². The highest BCUT2D eigenvalue weighted by Crippen LogP contribution is 2.32. The lowest BCUT2D eigenvalue weighted by Crippen LogP contribution is -2.39. The van der Waals surface area contributed by atoms with E-state index in [0.29, 0.717) is 0 Å². The second kappa shape index (κ2) is 4.86. The van der Waals surface area contributed by atoms with Crippen LogP contribution in [0, 0.1) is 11.8 Å². The SMILES string of the molecule is COc1ccc(N2C[C@@H](C)C[C@H](C)C2)c(N)c1. The first-order valence-corrected chi connectivity index (χ1v) is 6.28. The molecule has 3 nitrogen and oxygen atoms in total. The van der Waals surface area contributed by atoms with E-state index in [-0.39, 0.29) is 0 Å². The minimum atomic E-state index is 0.736. The first-order chi connectivity index (χ1) is 8.10. The number of piperidine rings is 1. The third kappa shape index (κ3) is 2.65. The molecule has 2 rings (SSSR count). The van der Waals surface area contributed by atoms with Gasteiger partial charge in [0.1, 0.15) is 5.75 Å². The summed E-state index contributed by atoms with van der Waals surface area (Å²) in [7, 11) is 1.67. The molecule has 1 saturated heterocycles. The van der Waals surface area contributed by atoms with Crippen LogP contribution in [0.1, 0.15) is 20.3 Å². The number of methoxy groups -OCH3 is 1. The van der Waals surface area contributed by atoms with Gasteiger partial charge in [0.15, 0.2) is 0 Å². The molecule has 1 aromatic carbocycles. The number of nitrogens with two attached hydrogens (primary N) is 1. The number of rotatable bonds is 2. The van der Waals surface area contributed by atoms with Gasteiger partial charge in [-0.3, -0.25) is 0 Å². The molecule has 0 amide bonds. The lowest BCUT2D eigenvalue weighted by atomic mass is 9.91. The van der Waals surface area contributed by atoms with E-state index < -0.39 is 0 Å². The molecule has 0 aliphatic carbocycles. The monoisotopic (exact) mass is 234 g/mol. The highest BCUT2D eigenvalue weighted by atomic mass is 16.5. The minimum Gasteiger partial charge on any atom is -0.497 e. The van der Waals surface area contributed by atoms with Crippen molar-refractivity contribution >= 4 is 11.4 Å². The van der Waals surface area contributed by atoms with Gasteiger partial charge in [-0.1, -0.05) is 13.8 Å². The van der Waals surface area contributed by atoms with Crippen LogP contribution < -0.4 is 15.4 Å². The number of nitrogen functional groups attached to an aromatic ring is 1. The summed E-state index contributed by atoms with van der Waals surface area (Å²) in [6.45, 7) is 6.81. The third-order valence-corrected chi connectivity index (χ3v) is 3.44. The maximum Gasteiger partial charge on any atom is 0.121 e. The zero-order valence-corrected chi connectivity index (χ0v) is 10.9. The molecule has 0 radical (unpaired) electrons. The minimum absolute atomic E-state index is 0.736. The molecule has 2 atom stereocenters. The van der Waals surface area contributed by atoms with E-state index in [1.54, 1.807) is 7.11 Å². The number of hydrogen-bond donors (Lipinski definition) is 1. The van der Waals surface area contributed by atoms with E-state index in [2.05, 4.69) is 24.8 Å². The normalized spacial score (nSPS) is 24.8.